The molecular weight excluding hydrogens is 310 g/mol. The molecule has 2 rings (SSSR count). The Morgan fingerprint density at radius 2 is 2.08 bits per heavy atom. The van der Waals surface area contributed by atoms with Crippen LogP contribution in [0.15, 0.2) is 43.0 Å². The molecule has 1 amide bonds. The fourth-order valence-electron chi connectivity index (χ4n) is 2.79. The number of carbonyl (C=O) groups is 2. The highest BCUT2D eigenvalue weighted by molar-refractivity contribution is 5.77. The van der Waals surface area contributed by atoms with Crippen LogP contribution < -0.4 is 0 Å². The number of carbonyl (C=O) groups excluding carboxylic acids is 1. The van der Waals surface area contributed by atoms with Crippen LogP contribution in [0.2, 0.25) is 0 Å². The summed E-state index contributed by atoms with van der Waals surface area (Å²) >= 11 is 0. The predicted octanol–water partition coefficient (Wildman–Crippen LogP) is 2.69. The topological polar surface area (TPSA) is 76.1 Å². The molecule has 1 unspecified atom stereocenters. The first kappa shape index (κ1) is 18.0. The molecule has 6 heteroatoms. The van der Waals surface area contributed by atoms with Gasteiger partial charge in [0.25, 0.3) is 0 Å². The Kier molecular flexibility index (Phi) is 6.37. The monoisotopic (exact) mass is 333 g/mol. The second-order valence-electron chi connectivity index (χ2n) is 5.95. The molecule has 24 heavy (non-hydrogen) atoms. The van der Waals surface area contributed by atoms with Crippen molar-refractivity contribution in [2.75, 3.05) is 26.3 Å². The van der Waals surface area contributed by atoms with Crippen LogP contribution in [0.3, 0.4) is 0 Å². The van der Waals surface area contributed by atoms with Crippen molar-refractivity contribution in [3.8, 4) is 0 Å². The Hall–Kier alpha value is -2.34. The molecule has 6 nitrogen and oxygen atoms in total. The van der Waals surface area contributed by atoms with Gasteiger partial charge in [0.2, 0.25) is 0 Å². The number of amides is 1. The molecule has 1 aromatic rings. The SMILES string of the molecule is C=CCOCC1(C(=O)O)CCCN(C(=O)OCc2ccccc2)C1. The van der Waals surface area contributed by atoms with E-state index in [1.54, 1.807) is 6.08 Å². The van der Waals surface area contributed by atoms with Crippen molar-refractivity contribution in [2.45, 2.75) is 19.4 Å². The lowest BCUT2D eigenvalue weighted by Gasteiger charge is -2.38. The van der Waals surface area contributed by atoms with Gasteiger partial charge in [0.05, 0.1) is 13.2 Å². The highest BCUT2D eigenvalue weighted by Gasteiger charge is 2.44. The number of rotatable bonds is 7. The number of carboxylic acid groups (broad SMARTS) is 1. The van der Waals surface area contributed by atoms with Gasteiger partial charge >= 0.3 is 12.1 Å². The van der Waals surface area contributed by atoms with Gasteiger partial charge in [-0.25, -0.2) is 4.79 Å². The summed E-state index contributed by atoms with van der Waals surface area (Å²) < 4.78 is 10.7. The molecule has 1 aromatic carbocycles. The quantitative estimate of drug-likeness (QED) is 0.613. The van der Waals surface area contributed by atoms with Crippen molar-refractivity contribution in [3.05, 3.63) is 48.6 Å². The van der Waals surface area contributed by atoms with E-state index in [2.05, 4.69) is 6.58 Å². The lowest BCUT2D eigenvalue weighted by molar-refractivity contribution is -0.156. The average molecular weight is 333 g/mol. The van der Waals surface area contributed by atoms with Crippen LogP contribution in [0, 0.1) is 5.41 Å². The number of ether oxygens (including phenoxy) is 2. The summed E-state index contributed by atoms with van der Waals surface area (Å²) in [7, 11) is 0. The number of likely N-dealkylation sites (tertiary alicyclic amines) is 1. The zero-order valence-corrected chi connectivity index (χ0v) is 13.6. The van der Waals surface area contributed by atoms with Crippen molar-refractivity contribution in [2.24, 2.45) is 5.41 Å². The maximum atomic E-state index is 12.3. The lowest BCUT2D eigenvalue weighted by atomic mass is 9.81. The number of aliphatic carboxylic acids is 1. The minimum Gasteiger partial charge on any atom is -0.481 e. The van der Waals surface area contributed by atoms with Crippen molar-refractivity contribution < 1.29 is 24.2 Å². The normalized spacial score (nSPS) is 20.4. The molecule has 130 valence electrons. The largest absolute Gasteiger partial charge is 0.481 e. The van der Waals surface area contributed by atoms with Gasteiger partial charge in [-0.1, -0.05) is 36.4 Å². The smallest absolute Gasteiger partial charge is 0.410 e. The molecule has 1 aliphatic rings. The molecule has 1 heterocycles. The number of piperidine rings is 1. The van der Waals surface area contributed by atoms with Crippen LogP contribution in [0.1, 0.15) is 18.4 Å². The zero-order valence-electron chi connectivity index (χ0n) is 13.6. The summed E-state index contributed by atoms with van der Waals surface area (Å²) in [4.78, 5) is 25.5. The maximum absolute atomic E-state index is 12.3. The van der Waals surface area contributed by atoms with E-state index < -0.39 is 17.5 Å². The molecule has 1 fully saturated rings. The van der Waals surface area contributed by atoms with Gasteiger partial charge in [-0.05, 0) is 18.4 Å². The lowest BCUT2D eigenvalue weighted by Crippen LogP contribution is -2.52. The Morgan fingerprint density at radius 1 is 1.33 bits per heavy atom. The Labute approximate surface area is 141 Å². The van der Waals surface area contributed by atoms with E-state index in [1.807, 2.05) is 30.3 Å². The van der Waals surface area contributed by atoms with Gasteiger partial charge in [0, 0.05) is 13.1 Å². The summed E-state index contributed by atoms with van der Waals surface area (Å²) in [6.45, 7) is 4.64. The van der Waals surface area contributed by atoms with Crippen molar-refractivity contribution >= 4 is 12.1 Å². The van der Waals surface area contributed by atoms with Gasteiger partial charge in [-0.3, -0.25) is 4.79 Å². The van der Waals surface area contributed by atoms with E-state index in [4.69, 9.17) is 9.47 Å². The van der Waals surface area contributed by atoms with E-state index in [0.29, 0.717) is 19.4 Å². The Bertz CT molecular complexity index is 574. The third-order valence-electron chi connectivity index (χ3n) is 4.11. The number of nitrogens with zero attached hydrogens (tertiary/aromatic N) is 1. The van der Waals surface area contributed by atoms with Crippen LogP contribution in [0.4, 0.5) is 4.79 Å². The summed E-state index contributed by atoms with van der Waals surface area (Å²) in [6.07, 6.45) is 2.16. The minimum absolute atomic E-state index is 0.0524. The van der Waals surface area contributed by atoms with E-state index in [1.165, 1.54) is 4.90 Å². The number of hydrogen-bond acceptors (Lipinski definition) is 4. The molecule has 0 saturated carbocycles. The van der Waals surface area contributed by atoms with Gasteiger partial charge in [0.15, 0.2) is 0 Å². The second-order valence-corrected chi connectivity index (χ2v) is 5.95. The van der Waals surface area contributed by atoms with E-state index in [9.17, 15) is 14.7 Å². The van der Waals surface area contributed by atoms with Crippen LogP contribution in [-0.2, 0) is 20.9 Å². The third kappa shape index (κ3) is 4.58. The minimum atomic E-state index is -1.09. The average Bonchev–Trinajstić information content (AvgIpc) is 2.61. The first-order valence-electron chi connectivity index (χ1n) is 7.95. The maximum Gasteiger partial charge on any atom is 0.410 e. The molecular formula is C18H23NO5. The molecule has 0 aliphatic carbocycles. The fourth-order valence-corrected chi connectivity index (χ4v) is 2.79. The van der Waals surface area contributed by atoms with Crippen molar-refractivity contribution in [1.29, 1.82) is 0 Å². The van der Waals surface area contributed by atoms with Crippen molar-refractivity contribution in [3.63, 3.8) is 0 Å². The van der Waals surface area contributed by atoms with Crippen LogP contribution in [-0.4, -0.2) is 48.4 Å². The Morgan fingerprint density at radius 3 is 2.75 bits per heavy atom. The molecule has 1 aliphatic heterocycles. The Balaban J connectivity index is 1.95. The van der Waals surface area contributed by atoms with Gasteiger partial charge < -0.3 is 19.5 Å². The highest BCUT2D eigenvalue weighted by Crippen LogP contribution is 2.31. The highest BCUT2D eigenvalue weighted by atomic mass is 16.6. The van der Waals surface area contributed by atoms with E-state index in [0.717, 1.165) is 5.56 Å². The summed E-state index contributed by atoms with van der Waals surface area (Å²) in [5, 5.41) is 9.61. The van der Waals surface area contributed by atoms with Crippen LogP contribution in [0.5, 0.6) is 0 Å². The number of hydrogen-bond donors (Lipinski definition) is 1. The zero-order chi connectivity index (χ0) is 17.4. The standard InChI is InChI=1S/C18H23NO5/c1-2-11-23-14-18(16(20)21)9-6-10-19(13-18)17(22)24-12-15-7-4-3-5-8-15/h2-5,7-8H,1,6,9-14H2,(H,20,21). The molecule has 1 atom stereocenters. The van der Waals surface area contributed by atoms with Gasteiger partial charge in [-0.2, -0.15) is 0 Å². The van der Waals surface area contributed by atoms with Crippen LogP contribution in [0.25, 0.3) is 0 Å². The summed E-state index contributed by atoms with van der Waals surface area (Å²) in [6, 6.07) is 9.37. The van der Waals surface area contributed by atoms with Gasteiger partial charge in [-0.15, -0.1) is 6.58 Å². The molecule has 1 N–H and O–H groups in total. The first-order valence-corrected chi connectivity index (χ1v) is 7.95. The van der Waals surface area contributed by atoms with Crippen molar-refractivity contribution in [1.82, 2.24) is 4.90 Å². The molecule has 1 saturated heterocycles. The number of carboxylic acids is 1. The second kappa shape index (κ2) is 8.49. The van der Waals surface area contributed by atoms with E-state index in [-0.39, 0.29) is 26.4 Å². The molecule has 0 aromatic heterocycles. The fraction of sp³-hybridized carbons (Fsp3) is 0.444. The first-order chi connectivity index (χ1) is 11.6. The predicted molar refractivity (Wildman–Crippen MR) is 88.5 cm³/mol. The molecule has 0 radical (unpaired) electrons. The molecule has 0 spiro atoms. The summed E-state index contributed by atoms with van der Waals surface area (Å²) in [5.74, 6) is -0.952. The van der Waals surface area contributed by atoms with E-state index >= 15 is 0 Å². The third-order valence-corrected chi connectivity index (χ3v) is 4.11. The van der Waals surface area contributed by atoms with Gasteiger partial charge in [0.1, 0.15) is 12.0 Å². The summed E-state index contributed by atoms with van der Waals surface area (Å²) in [5.41, 5.74) is -0.200. The van der Waals surface area contributed by atoms with Crippen LogP contribution >= 0.6 is 0 Å². The molecule has 0 bridgehead atoms. The number of benzene rings is 1.